The van der Waals surface area contributed by atoms with Crippen LogP contribution in [0.25, 0.3) is 100 Å². The highest BCUT2D eigenvalue weighted by Crippen LogP contribution is 2.38. The van der Waals surface area contributed by atoms with Gasteiger partial charge in [-0.15, -0.1) is 0 Å². The molecular formula is C45H27N3O2. The van der Waals surface area contributed by atoms with Crippen molar-refractivity contribution in [3.05, 3.63) is 164 Å². The Bertz CT molecular complexity index is 2890. The summed E-state index contributed by atoms with van der Waals surface area (Å²) in [6.07, 6.45) is 0. The smallest absolute Gasteiger partial charge is 0.164 e. The molecular weight excluding hydrogens is 615 g/mol. The van der Waals surface area contributed by atoms with Gasteiger partial charge in [0.15, 0.2) is 17.5 Å². The molecule has 50 heavy (non-hydrogen) atoms. The summed E-state index contributed by atoms with van der Waals surface area (Å²) in [5.74, 6) is 1.75. The van der Waals surface area contributed by atoms with Crippen LogP contribution in [0.3, 0.4) is 0 Å². The van der Waals surface area contributed by atoms with Crippen LogP contribution in [-0.2, 0) is 0 Å². The van der Waals surface area contributed by atoms with E-state index in [2.05, 4.69) is 97.1 Å². The third-order valence-corrected chi connectivity index (χ3v) is 9.34. The Morgan fingerprint density at radius 3 is 1.58 bits per heavy atom. The zero-order valence-corrected chi connectivity index (χ0v) is 26.7. The molecule has 0 radical (unpaired) electrons. The van der Waals surface area contributed by atoms with Crippen molar-refractivity contribution in [3.8, 4) is 56.4 Å². The maximum Gasteiger partial charge on any atom is 0.164 e. The number of furan rings is 2. The standard InChI is InChI=1S/C45H27N3O2/c1-2-11-28(12-3-1)29-13-8-14-30(25-29)31-15-9-16-32(26-31)43-46-44(33-23-24-40-37(27-33)34-17-4-6-20-38(34)49-40)48-45(47-43)36-19-10-22-41-42(36)35-18-5-7-21-39(35)50-41/h1-27H. The van der Waals surface area contributed by atoms with Crippen LogP contribution in [-0.4, -0.2) is 15.0 Å². The Balaban J connectivity index is 1.17. The fourth-order valence-electron chi connectivity index (χ4n) is 6.93. The molecule has 0 fully saturated rings. The fraction of sp³-hybridized carbons (Fsp3) is 0. The summed E-state index contributed by atoms with van der Waals surface area (Å²) in [5.41, 5.74) is 10.5. The Labute approximate surface area is 287 Å². The average Bonchev–Trinajstić information content (AvgIpc) is 3.76. The van der Waals surface area contributed by atoms with Crippen LogP contribution in [0.2, 0.25) is 0 Å². The highest BCUT2D eigenvalue weighted by Gasteiger charge is 2.19. The van der Waals surface area contributed by atoms with E-state index in [1.165, 1.54) is 11.1 Å². The Morgan fingerprint density at radius 1 is 0.300 bits per heavy atom. The van der Waals surface area contributed by atoms with E-state index in [9.17, 15) is 0 Å². The van der Waals surface area contributed by atoms with Crippen molar-refractivity contribution in [1.82, 2.24) is 15.0 Å². The normalized spacial score (nSPS) is 11.6. The first kappa shape index (κ1) is 28.2. The highest BCUT2D eigenvalue weighted by atomic mass is 16.3. The summed E-state index contributed by atoms with van der Waals surface area (Å²) < 4.78 is 12.4. The van der Waals surface area contributed by atoms with Gasteiger partial charge in [0.1, 0.15) is 22.3 Å². The fourth-order valence-corrected chi connectivity index (χ4v) is 6.93. The minimum atomic E-state index is 0.579. The molecule has 3 heterocycles. The first-order valence-corrected chi connectivity index (χ1v) is 16.6. The summed E-state index contributed by atoms with van der Waals surface area (Å²) in [5, 5.41) is 4.07. The lowest BCUT2D eigenvalue weighted by Crippen LogP contribution is -2.00. The molecule has 0 bridgehead atoms. The molecule has 0 aliphatic rings. The first-order valence-electron chi connectivity index (χ1n) is 16.6. The van der Waals surface area contributed by atoms with Gasteiger partial charge >= 0.3 is 0 Å². The lowest BCUT2D eigenvalue weighted by atomic mass is 9.98. The number of fused-ring (bicyclic) bond motifs is 6. The van der Waals surface area contributed by atoms with Gasteiger partial charge in [0.05, 0.1) is 0 Å². The van der Waals surface area contributed by atoms with E-state index in [-0.39, 0.29) is 0 Å². The number of nitrogens with zero attached hydrogens (tertiary/aromatic N) is 3. The van der Waals surface area contributed by atoms with Gasteiger partial charge in [-0.3, -0.25) is 0 Å². The van der Waals surface area contributed by atoms with Crippen molar-refractivity contribution in [2.75, 3.05) is 0 Å². The zero-order chi connectivity index (χ0) is 33.0. The van der Waals surface area contributed by atoms with Gasteiger partial charge in [-0.1, -0.05) is 115 Å². The quantitative estimate of drug-likeness (QED) is 0.187. The van der Waals surface area contributed by atoms with Crippen LogP contribution in [0.5, 0.6) is 0 Å². The van der Waals surface area contributed by atoms with Crippen molar-refractivity contribution >= 4 is 43.9 Å². The van der Waals surface area contributed by atoms with Crippen molar-refractivity contribution in [2.45, 2.75) is 0 Å². The van der Waals surface area contributed by atoms with E-state index in [1.54, 1.807) is 0 Å². The number of rotatable bonds is 5. The predicted octanol–water partition coefficient (Wildman–Crippen LogP) is 12.0. The van der Waals surface area contributed by atoms with Gasteiger partial charge in [-0.05, 0) is 70.8 Å². The van der Waals surface area contributed by atoms with Crippen molar-refractivity contribution in [3.63, 3.8) is 0 Å². The molecule has 10 rings (SSSR count). The molecule has 234 valence electrons. The maximum atomic E-state index is 6.25. The lowest BCUT2D eigenvalue weighted by Gasteiger charge is -2.11. The van der Waals surface area contributed by atoms with Gasteiger partial charge in [-0.2, -0.15) is 0 Å². The third kappa shape index (κ3) is 4.75. The Kier molecular flexibility index (Phi) is 6.42. The lowest BCUT2D eigenvalue weighted by molar-refractivity contribution is 0.668. The number of aromatic nitrogens is 3. The molecule has 0 aliphatic carbocycles. The summed E-state index contributed by atoms with van der Waals surface area (Å²) in [6, 6.07) is 55.9. The highest BCUT2D eigenvalue weighted by molar-refractivity contribution is 6.12. The van der Waals surface area contributed by atoms with E-state index in [1.807, 2.05) is 66.7 Å². The van der Waals surface area contributed by atoms with E-state index in [0.29, 0.717) is 17.5 Å². The molecule has 5 heteroatoms. The van der Waals surface area contributed by atoms with E-state index >= 15 is 0 Å². The van der Waals surface area contributed by atoms with Crippen LogP contribution in [0.15, 0.2) is 173 Å². The first-order chi connectivity index (χ1) is 24.7. The number of hydrogen-bond donors (Lipinski definition) is 0. The second-order valence-corrected chi connectivity index (χ2v) is 12.4. The molecule has 5 nitrogen and oxygen atoms in total. The molecule has 0 aliphatic heterocycles. The van der Waals surface area contributed by atoms with Crippen molar-refractivity contribution in [2.24, 2.45) is 0 Å². The molecule has 0 saturated heterocycles. The second kappa shape index (κ2) is 11.4. The minimum absolute atomic E-state index is 0.579. The molecule has 0 atom stereocenters. The Morgan fingerprint density at radius 2 is 0.800 bits per heavy atom. The molecule has 0 saturated carbocycles. The average molecular weight is 642 g/mol. The summed E-state index contributed by atoms with van der Waals surface area (Å²) in [4.78, 5) is 15.4. The summed E-state index contributed by atoms with van der Waals surface area (Å²) in [6.45, 7) is 0. The van der Waals surface area contributed by atoms with Crippen molar-refractivity contribution < 1.29 is 8.83 Å². The van der Waals surface area contributed by atoms with E-state index in [4.69, 9.17) is 23.8 Å². The topological polar surface area (TPSA) is 65.0 Å². The predicted molar refractivity (Wildman–Crippen MR) is 202 cm³/mol. The Hall–Kier alpha value is -6.85. The molecule has 0 N–H and O–H groups in total. The monoisotopic (exact) mass is 641 g/mol. The van der Waals surface area contributed by atoms with Gasteiger partial charge in [-0.25, -0.2) is 15.0 Å². The van der Waals surface area contributed by atoms with Gasteiger partial charge in [0.25, 0.3) is 0 Å². The largest absolute Gasteiger partial charge is 0.456 e. The molecule has 3 aromatic heterocycles. The number of benzene rings is 7. The van der Waals surface area contributed by atoms with E-state index in [0.717, 1.165) is 71.7 Å². The van der Waals surface area contributed by atoms with Crippen LogP contribution in [0.1, 0.15) is 0 Å². The molecule has 0 amide bonds. The number of hydrogen-bond acceptors (Lipinski definition) is 5. The minimum Gasteiger partial charge on any atom is -0.456 e. The summed E-state index contributed by atoms with van der Waals surface area (Å²) >= 11 is 0. The van der Waals surface area contributed by atoms with Crippen LogP contribution in [0, 0.1) is 0 Å². The molecule has 0 unspecified atom stereocenters. The molecule has 0 spiro atoms. The van der Waals surface area contributed by atoms with Crippen LogP contribution in [0.4, 0.5) is 0 Å². The van der Waals surface area contributed by atoms with Crippen molar-refractivity contribution in [1.29, 1.82) is 0 Å². The van der Waals surface area contributed by atoms with Crippen LogP contribution >= 0.6 is 0 Å². The van der Waals surface area contributed by atoms with Crippen LogP contribution < -0.4 is 0 Å². The SMILES string of the molecule is c1ccc(-c2cccc(-c3cccc(-c4nc(-c5ccc6oc7ccccc7c6c5)nc(-c5cccc6oc7ccccc7c56)n4)c3)c2)cc1. The van der Waals surface area contributed by atoms with Gasteiger partial charge in [0, 0.05) is 38.2 Å². The molecule has 7 aromatic carbocycles. The maximum absolute atomic E-state index is 6.25. The van der Waals surface area contributed by atoms with Gasteiger partial charge < -0.3 is 8.83 Å². The number of para-hydroxylation sites is 2. The van der Waals surface area contributed by atoms with Gasteiger partial charge in [0.2, 0.25) is 0 Å². The second-order valence-electron chi connectivity index (χ2n) is 12.4. The zero-order valence-electron chi connectivity index (χ0n) is 26.7. The third-order valence-electron chi connectivity index (χ3n) is 9.34. The molecule has 10 aromatic rings. The summed E-state index contributed by atoms with van der Waals surface area (Å²) in [7, 11) is 0. The van der Waals surface area contributed by atoms with E-state index < -0.39 is 0 Å².